The average molecular weight is 580 g/mol. The molecule has 4 aliphatic rings. The van der Waals surface area contributed by atoms with Crippen molar-refractivity contribution in [3.05, 3.63) is 60.2 Å². The van der Waals surface area contributed by atoms with Gasteiger partial charge in [-0.2, -0.15) is 0 Å². The smallest absolute Gasteiger partial charge is 0.313 e. The van der Waals surface area contributed by atoms with Gasteiger partial charge in [0.05, 0.1) is 30.7 Å². The second-order valence-electron chi connectivity index (χ2n) is 11.8. The first kappa shape index (κ1) is 30.0. The van der Waals surface area contributed by atoms with Crippen LogP contribution in [0.4, 0.5) is 0 Å². The first-order chi connectivity index (χ1) is 20.2. The topological polar surface area (TPSA) is 125 Å². The Morgan fingerprint density at radius 2 is 1.88 bits per heavy atom. The number of aliphatic hydroxyl groups is 1. The molecule has 1 aromatic rings. The van der Waals surface area contributed by atoms with Crippen molar-refractivity contribution in [2.45, 2.75) is 82.4 Å². The Balaban J connectivity index is 1.59. The molecule has 8 atom stereocenters. The molecule has 42 heavy (non-hydrogen) atoms. The van der Waals surface area contributed by atoms with E-state index in [-0.39, 0.29) is 24.8 Å². The van der Waals surface area contributed by atoms with Crippen molar-refractivity contribution in [1.82, 2.24) is 15.1 Å². The van der Waals surface area contributed by atoms with Gasteiger partial charge in [0.25, 0.3) is 0 Å². The predicted molar refractivity (Wildman–Crippen MR) is 154 cm³/mol. The molecule has 0 unspecified atom stereocenters. The number of benzene rings is 1. The van der Waals surface area contributed by atoms with Gasteiger partial charge in [0.1, 0.15) is 23.7 Å². The van der Waals surface area contributed by atoms with Crippen molar-refractivity contribution in [3.63, 3.8) is 0 Å². The maximum absolute atomic E-state index is 14.3. The highest BCUT2D eigenvalue weighted by atomic mass is 16.6. The number of unbranched alkanes of at least 4 members (excludes halogenated alkanes) is 1. The van der Waals surface area contributed by atoms with Crippen molar-refractivity contribution in [2.24, 2.45) is 11.8 Å². The lowest BCUT2D eigenvalue weighted by Gasteiger charge is -2.37. The van der Waals surface area contributed by atoms with Gasteiger partial charge < -0.3 is 29.7 Å². The molecule has 1 spiro atoms. The first-order valence-electron chi connectivity index (χ1n) is 15.0. The summed E-state index contributed by atoms with van der Waals surface area (Å²) in [7, 11) is 0. The van der Waals surface area contributed by atoms with E-state index in [0.29, 0.717) is 25.1 Å². The molecule has 0 aliphatic carbocycles. The number of hydrogen-bond acceptors (Lipinski definition) is 7. The largest absolute Gasteiger partial charge is 0.455 e. The molecule has 0 radical (unpaired) electrons. The van der Waals surface area contributed by atoms with Crippen LogP contribution < -0.4 is 5.32 Å². The molecular weight excluding hydrogens is 538 g/mol. The average Bonchev–Trinajstić information content (AvgIpc) is 3.38. The number of carbonyl (C=O) groups is 4. The molecule has 2 N–H and O–H groups in total. The molecule has 10 nitrogen and oxygen atoms in total. The van der Waals surface area contributed by atoms with Crippen LogP contribution in [0.25, 0.3) is 0 Å². The minimum atomic E-state index is -1.42. The maximum Gasteiger partial charge on any atom is 0.313 e. The van der Waals surface area contributed by atoms with E-state index in [1.807, 2.05) is 43.3 Å². The fourth-order valence-electron chi connectivity index (χ4n) is 6.80. The number of allylic oxidation sites excluding steroid dienone is 1. The maximum atomic E-state index is 14.3. The fourth-order valence-corrected chi connectivity index (χ4v) is 6.80. The molecule has 4 heterocycles. The van der Waals surface area contributed by atoms with Crippen LogP contribution in [-0.2, 0) is 28.7 Å². The number of fused-ring (bicyclic) bond motifs is 2. The number of amides is 3. The van der Waals surface area contributed by atoms with Crippen molar-refractivity contribution in [2.75, 3.05) is 19.7 Å². The van der Waals surface area contributed by atoms with Gasteiger partial charge in [-0.05, 0) is 32.3 Å². The van der Waals surface area contributed by atoms with Crippen LogP contribution in [0, 0.1) is 11.8 Å². The van der Waals surface area contributed by atoms with Gasteiger partial charge in [-0.25, -0.2) is 0 Å². The van der Waals surface area contributed by atoms with Gasteiger partial charge in [-0.15, -0.1) is 0 Å². The second kappa shape index (κ2) is 12.4. The first-order valence-corrected chi connectivity index (χ1v) is 15.0. The lowest BCUT2D eigenvalue weighted by molar-refractivity contribution is -0.162. The lowest BCUT2D eigenvalue weighted by Crippen LogP contribution is -2.57. The highest BCUT2D eigenvalue weighted by Crippen LogP contribution is 2.53. The Morgan fingerprint density at radius 3 is 2.60 bits per heavy atom. The Labute approximate surface area is 246 Å². The quantitative estimate of drug-likeness (QED) is 0.391. The summed E-state index contributed by atoms with van der Waals surface area (Å²) in [6, 6.07) is 6.94. The number of ether oxygens (including phenoxy) is 2. The molecule has 0 aromatic heterocycles. The standard InChI is InChI=1S/C32H41N3O7/c1-4-5-17-34-18-11-16-32-26(29(38)35(20(2)19-36)28(32)30(34)39)25-23(42-32)14-9-10-15-24(37)33-21(3)27(41-31(25)40)22-12-7-6-8-13-22/h6-9,11-14,16,20-21,23,25-28,36H,4-5,10,15,17-19H2,1-3H3,(H,33,37)/b14-9-/t20-,21+,23+,25-,26-,27-,28+,32-/m1/s1. The molecule has 10 heteroatoms. The number of nitrogens with one attached hydrogen (secondary N) is 1. The fraction of sp³-hybridized carbons (Fsp3) is 0.562. The van der Waals surface area contributed by atoms with Crippen LogP contribution >= 0.6 is 0 Å². The van der Waals surface area contributed by atoms with Gasteiger partial charge in [-0.3, -0.25) is 19.2 Å². The Kier molecular flexibility index (Phi) is 8.84. The molecule has 4 aliphatic heterocycles. The monoisotopic (exact) mass is 579 g/mol. The zero-order valence-electron chi connectivity index (χ0n) is 24.5. The van der Waals surface area contributed by atoms with Crippen LogP contribution in [0.2, 0.25) is 0 Å². The zero-order valence-corrected chi connectivity index (χ0v) is 24.5. The number of esters is 1. The van der Waals surface area contributed by atoms with Crippen LogP contribution in [0.5, 0.6) is 0 Å². The third-order valence-electron chi connectivity index (χ3n) is 8.89. The molecule has 0 bridgehead atoms. The summed E-state index contributed by atoms with van der Waals surface area (Å²) in [4.78, 5) is 58.4. The number of aliphatic hydroxyl groups excluding tert-OH is 1. The molecule has 2 saturated heterocycles. The molecule has 3 amide bonds. The van der Waals surface area contributed by atoms with Gasteiger partial charge in [0.15, 0.2) is 0 Å². The lowest BCUT2D eigenvalue weighted by atomic mass is 9.77. The number of carbonyl (C=O) groups excluding carboxylic acids is 4. The second-order valence-corrected chi connectivity index (χ2v) is 11.8. The Hall–Kier alpha value is -3.50. The van der Waals surface area contributed by atoms with E-state index in [1.54, 1.807) is 37.0 Å². The van der Waals surface area contributed by atoms with Gasteiger partial charge in [0, 0.05) is 19.5 Å². The summed E-state index contributed by atoms with van der Waals surface area (Å²) >= 11 is 0. The van der Waals surface area contributed by atoms with E-state index in [1.165, 1.54) is 4.90 Å². The summed E-state index contributed by atoms with van der Waals surface area (Å²) in [5.41, 5.74) is -0.710. The third kappa shape index (κ3) is 5.26. The van der Waals surface area contributed by atoms with Crippen molar-refractivity contribution >= 4 is 23.7 Å². The zero-order chi connectivity index (χ0) is 30.0. The summed E-state index contributed by atoms with van der Waals surface area (Å²) < 4.78 is 12.8. The van der Waals surface area contributed by atoms with Gasteiger partial charge in [0.2, 0.25) is 17.7 Å². The predicted octanol–water partition coefficient (Wildman–Crippen LogP) is 2.29. The van der Waals surface area contributed by atoms with Gasteiger partial charge in [-0.1, -0.05) is 68.0 Å². The van der Waals surface area contributed by atoms with Crippen LogP contribution in [-0.4, -0.2) is 88.1 Å². The molecular formula is C32H41N3O7. The van der Waals surface area contributed by atoms with E-state index in [0.717, 1.165) is 12.8 Å². The van der Waals surface area contributed by atoms with E-state index in [4.69, 9.17) is 9.47 Å². The highest BCUT2D eigenvalue weighted by Gasteiger charge is 2.72. The Bertz CT molecular complexity index is 1250. The minimum absolute atomic E-state index is 0.169. The van der Waals surface area contributed by atoms with Crippen LogP contribution in [0.15, 0.2) is 54.6 Å². The summed E-state index contributed by atoms with van der Waals surface area (Å²) in [5, 5.41) is 13.1. The molecule has 1 aromatic carbocycles. The number of nitrogens with zero attached hydrogens (tertiary/aromatic N) is 2. The van der Waals surface area contributed by atoms with E-state index in [9.17, 15) is 24.3 Å². The van der Waals surface area contributed by atoms with E-state index >= 15 is 0 Å². The number of hydrogen-bond donors (Lipinski definition) is 2. The summed E-state index contributed by atoms with van der Waals surface area (Å²) in [6.45, 7) is 6.07. The molecule has 5 rings (SSSR count). The van der Waals surface area contributed by atoms with Gasteiger partial charge >= 0.3 is 5.97 Å². The SMILES string of the molecule is CCCCN1CC=C[C@@]23O[C@H]4/C=C\CCC(=O)N[C@@H](C)[C@H](c5ccccc5)OC(=O)[C@H]4[C@@H]2C(=O)N([C@H](C)CO)[C@H]3C1=O. The van der Waals surface area contributed by atoms with Crippen molar-refractivity contribution in [3.8, 4) is 0 Å². The molecule has 226 valence electrons. The van der Waals surface area contributed by atoms with E-state index in [2.05, 4.69) is 5.32 Å². The Morgan fingerprint density at radius 1 is 1.12 bits per heavy atom. The normalized spacial score (nSPS) is 34.8. The van der Waals surface area contributed by atoms with Crippen LogP contribution in [0.1, 0.15) is 58.1 Å². The van der Waals surface area contributed by atoms with E-state index < -0.39 is 59.6 Å². The summed E-state index contributed by atoms with van der Waals surface area (Å²) in [5.74, 6) is -3.56. The minimum Gasteiger partial charge on any atom is -0.455 e. The number of rotatable bonds is 6. The number of cyclic esters (lactones) is 1. The molecule has 0 saturated carbocycles. The van der Waals surface area contributed by atoms with Crippen LogP contribution in [0.3, 0.4) is 0 Å². The summed E-state index contributed by atoms with van der Waals surface area (Å²) in [6.07, 6.45) is 7.83. The highest BCUT2D eigenvalue weighted by molar-refractivity contribution is 5.99. The number of likely N-dealkylation sites (tertiary alicyclic amines) is 1. The van der Waals surface area contributed by atoms with Crippen molar-refractivity contribution < 1.29 is 33.8 Å². The third-order valence-corrected chi connectivity index (χ3v) is 8.89. The van der Waals surface area contributed by atoms with Crippen molar-refractivity contribution in [1.29, 1.82) is 0 Å². The molecule has 2 fully saturated rings.